The van der Waals surface area contributed by atoms with Gasteiger partial charge >= 0.3 is 0 Å². The van der Waals surface area contributed by atoms with Crippen LogP contribution >= 0.6 is 0 Å². The van der Waals surface area contributed by atoms with Crippen molar-refractivity contribution in [3.8, 4) is 0 Å². The van der Waals surface area contributed by atoms with E-state index in [0.29, 0.717) is 12.8 Å². The Hall–Kier alpha value is -2.17. The molecule has 0 aromatic carbocycles. The van der Waals surface area contributed by atoms with Crippen LogP contribution in [-0.4, -0.2) is 20.7 Å². The molecule has 2 aromatic rings. The fraction of sp³-hybridized carbons (Fsp3) is 0.400. The zero-order valence-electron chi connectivity index (χ0n) is 11.9. The van der Waals surface area contributed by atoms with Crippen molar-refractivity contribution >= 4 is 11.7 Å². The molecule has 0 spiro atoms. The second-order valence-electron chi connectivity index (χ2n) is 4.83. The average Bonchev–Trinajstić information content (AvgIpc) is 2.93. The molecular formula is C15H20N4O. The Labute approximate surface area is 119 Å². The van der Waals surface area contributed by atoms with Crippen LogP contribution in [0.1, 0.15) is 38.3 Å². The molecule has 0 aliphatic carbocycles. The van der Waals surface area contributed by atoms with Gasteiger partial charge in [0.1, 0.15) is 5.82 Å². The Morgan fingerprint density at radius 1 is 1.40 bits per heavy atom. The van der Waals surface area contributed by atoms with Crippen LogP contribution in [0.5, 0.6) is 0 Å². The standard InChI is InChI=1S/C15H20N4O/c1-3-12(2)19-14(8-10-17-19)18-15(20)7-6-13-5-4-9-16-11-13/h4-5,8-12H,3,6-7H2,1-2H3,(H,18,20). The first-order chi connectivity index (χ1) is 9.70. The van der Waals surface area contributed by atoms with Gasteiger partial charge in [0.05, 0.1) is 12.2 Å². The molecule has 5 nitrogen and oxygen atoms in total. The first kappa shape index (κ1) is 14.2. The largest absolute Gasteiger partial charge is 0.311 e. The lowest BCUT2D eigenvalue weighted by molar-refractivity contribution is -0.116. The van der Waals surface area contributed by atoms with Gasteiger partial charge in [0.15, 0.2) is 0 Å². The molecule has 2 aromatic heterocycles. The number of nitrogens with zero attached hydrogens (tertiary/aromatic N) is 3. The number of carbonyl (C=O) groups excluding carboxylic acids is 1. The summed E-state index contributed by atoms with van der Waals surface area (Å²) in [6.45, 7) is 4.18. The van der Waals surface area contributed by atoms with Crippen LogP contribution in [0.25, 0.3) is 0 Å². The maximum Gasteiger partial charge on any atom is 0.225 e. The van der Waals surface area contributed by atoms with Gasteiger partial charge in [-0.2, -0.15) is 5.10 Å². The van der Waals surface area contributed by atoms with Gasteiger partial charge in [-0.15, -0.1) is 0 Å². The van der Waals surface area contributed by atoms with E-state index in [4.69, 9.17) is 0 Å². The Balaban J connectivity index is 1.90. The summed E-state index contributed by atoms with van der Waals surface area (Å²) < 4.78 is 1.85. The van der Waals surface area contributed by atoms with Crippen molar-refractivity contribution in [2.24, 2.45) is 0 Å². The number of hydrogen-bond acceptors (Lipinski definition) is 3. The van der Waals surface area contributed by atoms with E-state index >= 15 is 0 Å². The lowest BCUT2D eigenvalue weighted by atomic mass is 10.1. The van der Waals surface area contributed by atoms with Gasteiger partial charge in [-0.1, -0.05) is 13.0 Å². The van der Waals surface area contributed by atoms with E-state index in [1.807, 2.05) is 22.9 Å². The molecule has 1 atom stereocenters. The third kappa shape index (κ3) is 3.66. The molecule has 0 aliphatic heterocycles. The van der Waals surface area contributed by atoms with Gasteiger partial charge < -0.3 is 5.32 Å². The SMILES string of the molecule is CCC(C)n1nccc1NC(=O)CCc1cccnc1. The molecule has 2 rings (SSSR count). The van der Waals surface area contributed by atoms with E-state index in [1.54, 1.807) is 18.6 Å². The third-order valence-corrected chi connectivity index (χ3v) is 3.31. The van der Waals surface area contributed by atoms with E-state index < -0.39 is 0 Å². The molecule has 2 heterocycles. The second kappa shape index (κ2) is 6.84. The third-order valence-electron chi connectivity index (χ3n) is 3.31. The molecule has 1 unspecified atom stereocenters. The van der Waals surface area contributed by atoms with Crippen molar-refractivity contribution in [1.82, 2.24) is 14.8 Å². The van der Waals surface area contributed by atoms with E-state index in [0.717, 1.165) is 17.8 Å². The molecule has 0 bridgehead atoms. The predicted octanol–water partition coefficient (Wildman–Crippen LogP) is 2.82. The fourth-order valence-electron chi connectivity index (χ4n) is 1.95. The van der Waals surface area contributed by atoms with Crippen LogP contribution in [0, 0.1) is 0 Å². The highest BCUT2D eigenvalue weighted by Crippen LogP contribution is 2.16. The van der Waals surface area contributed by atoms with Crippen molar-refractivity contribution < 1.29 is 4.79 Å². The minimum atomic E-state index is -0.00101. The van der Waals surface area contributed by atoms with Crippen molar-refractivity contribution in [3.05, 3.63) is 42.4 Å². The molecule has 106 valence electrons. The van der Waals surface area contributed by atoms with Crippen LogP contribution in [0.3, 0.4) is 0 Å². The number of nitrogens with one attached hydrogen (secondary N) is 1. The van der Waals surface area contributed by atoms with Crippen molar-refractivity contribution in [2.45, 2.75) is 39.2 Å². The number of carbonyl (C=O) groups is 1. The molecule has 20 heavy (non-hydrogen) atoms. The summed E-state index contributed by atoms with van der Waals surface area (Å²) in [6.07, 6.45) is 7.34. The van der Waals surface area contributed by atoms with Crippen LogP contribution < -0.4 is 5.32 Å². The van der Waals surface area contributed by atoms with E-state index in [9.17, 15) is 4.79 Å². The normalized spacial score (nSPS) is 12.1. The molecule has 0 radical (unpaired) electrons. The van der Waals surface area contributed by atoms with Crippen molar-refractivity contribution in [1.29, 1.82) is 0 Å². The van der Waals surface area contributed by atoms with E-state index in [2.05, 4.69) is 29.2 Å². The number of amides is 1. The van der Waals surface area contributed by atoms with Crippen molar-refractivity contribution in [2.75, 3.05) is 5.32 Å². The first-order valence-corrected chi connectivity index (χ1v) is 6.93. The number of rotatable bonds is 6. The smallest absolute Gasteiger partial charge is 0.225 e. The lowest BCUT2D eigenvalue weighted by Crippen LogP contribution is -2.17. The zero-order chi connectivity index (χ0) is 14.4. The minimum Gasteiger partial charge on any atom is -0.311 e. The number of hydrogen-bond donors (Lipinski definition) is 1. The van der Waals surface area contributed by atoms with E-state index in [-0.39, 0.29) is 11.9 Å². The average molecular weight is 272 g/mol. The summed E-state index contributed by atoms with van der Waals surface area (Å²) in [5.41, 5.74) is 1.07. The topological polar surface area (TPSA) is 59.8 Å². The monoisotopic (exact) mass is 272 g/mol. The quantitative estimate of drug-likeness (QED) is 0.879. The molecule has 1 N–H and O–H groups in total. The Morgan fingerprint density at radius 3 is 2.95 bits per heavy atom. The highest BCUT2D eigenvalue weighted by Gasteiger charge is 2.11. The first-order valence-electron chi connectivity index (χ1n) is 6.93. The molecule has 0 saturated heterocycles. The van der Waals surface area contributed by atoms with E-state index in [1.165, 1.54) is 0 Å². The van der Waals surface area contributed by atoms with Gasteiger partial charge in [0.2, 0.25) is 5.91 Å². The Morgan fingerprint density at radius 2 is 2.25 bits per heavy atom. The van der Waals surface area contributed by atoms with Crippen LogP contribution in [0.4, 0.5) is 5.82 Å². The maximum atomic E-state index is 12.0. The molecule has 0 aliphatic rings. The summed E-state index contributed by atoms with van der Waals surface area (Å²) >= 11 is 0. The zero-order valence-corrected chi connectivity index (χ0v) is 11.9. The van der Waals surface area contributed by atoms with Crippen LogP contribution in [0.15, 0.2) is 36.8 Å². The number of aromatic nitrogens is 3. The minimum absolute atomic E-state index is 0.00101. The van der Waals surface area contributed by atoms with Crippen molar-refractivity contribution in [3.63, 3.8) is 0 Å². The molecule has 5 heteroatoms. The summed E-state index contributed by atoms with van der Waals surface area (Å²) in [4.78, 5) is 16.0. The second-order valence-corrected chi connectivity index (χ2v) is 4.83. The lowest BCUT2D eigenvalue weighted by Gasteiger charge is -2.14. The van der Waals surface area contributed by atoms with Crippen LogP contribution in [0.2, 0.25) is 0 Å². The summed E-state index contributed by atoms with van der Waals surface area (Å²) in [5, 5.41) is 7.17. The maximum absolute atomic E-state index is 12.0. The predicted molar refractivity (Wildman–Crippen MR) is 78.4 cm³/mol. The van der Waals surface area contributed by atoms with Gasteiger partial charge in [-0.05, 0) is 31.4 Å². The van der Waals surface area contributed by atoms with Gasteiger partial charge in [-0.25, -0.2) is 4.68 Å². The summed E-state index contributed by atoms with van der Waals surface area (Å²) in [6, 6.07) is 5.96. The summed E-state index contributed by atoms with van der Waals surface area (Å²) in [7, 11) is 0. The molecule has 0 fully saturated rings. The highest BCUT2D eigenvalue weighted by atomic mass is 16.1. The molecule has 1 amide bonds. The number of anilines is 1. The number of aryl methyl sites for hydroxylation is 1. The Bertz CT molecular complexity index is 550. The Kier molecular flexibility index (Phi) is 4.87. The number of pyridine rings is 1. The molecule has 0 saturated carbocycles. The molecular weight excluding hydrogens is 252 g/mol. The van der Waals surface area contributed by atoms with Gasteiger partial charge in [-0.3, -0.25) is 9.78 Å². The van der Waals surface area contributed by atoms with Gasteiger partial charge in [0.25, 0.3) is 0 Å². The fourth-order valence-corrected chi connectivity index (χ4v) is 1.95. The summed E-state index contributed by atoms with van der Waals surface area (Å²) in [5.74, 6) is 0.759. The van der Waals surface area contributed by atoms with Gasteiger partial charge in [0, 0.05) is 24.9 Å². The van der Waals surface area contributed by atoms with Crippen LogP contribution in [-0.2, 0) is 11.2 Å². The highest BCUT2D eigenvalue weighted by molar-refractivity contribution is 5.89.